The summed E-state index contributed by atoms with van der Waals surface area (Å²) >= 11 is 0. The van der Waals surface area contributed by atoms with Crippen molar-refractivity contribution in [2.24, 2.45) is 11.8 Å². The Kier molecular flexibility index (Phi) is 9.67. The molecule has 11 heteroatoms. The first-order valence-electron chi connectivity index (χ1n) is 14.7. The second-order valence-corrected chi connectivity index (χ2v) is 13.0. The van der Waals surface area contributed by atoms with Gasteiger partial charge in [-0.3, -0.25) is 9.69 Å². The molecule has 0 bridgehead atoms. The van der Waals surface area contributed by atoms with Crippen LogP contribution in [0.4, 0.5) is 19.0 Å². The van der Waals surface area contributed by atoms with Crippen LogP contribution in [-0.4, -0.2) is 90.1 Å². The summed E-state index contributed by atoms with van der Waals surface area (Å²) in [5.41, 5.74) is -1.81. The molecule has 0 atom stereocenters. The summed E-state index contributed by atoms with van der Waals surface area (Å²) in [4.78, 5) is 26.9. The third kappa shape index (κ3) is 7.64. The fraction of sp³-hybridized carbons (Fsp3) is 0.828. The molecule has 1 amide bonds. The monoisotopic (exact) mass is 569 g/mol. The molecule has 8 nitrogen and oxygen atoms in total. The van der Waals surface area contributed by atoms with Gasteiger partial charge in [0.05, 0.1) is 6.61 Å². The van der Waals surface area contributed by atoms with E-state index in [4.69, 9.17) is 14.7 Å². The van der Waals surface area contributed by atoms with E-state index in [1.165, 1.54) is 0 Å². The minimum atomic E-state index is -4.67. The van der Waals surface area contributed by atoms with Crippen LogP contribution < -0.4 is 10.2 Å². The van der Waals surface area contributed by atoms with Crippen molar-refractivity contribution in [1.82, 2.24) is 20.2 Å². The van der Waals surface area contributed by atoms with Crippen molar-refractivity contribution in [3.63, 3.8) is 0 Å². The maximum Gasteiger partial charge on any atom is 0.417 e. The molecule has 1 saturated heterocycles. The zero-order chi connectivity index (χ0) is 29.1. The summed E-state index contributed by atoms with van der Waals surface area (Å²) in [5, 5.41) is 12.5. The van der Waals surface area contributed by atoms with E-state index in [2.05, 4.69) is 42.0 Å². The van der Waals surface area contributed by atoms with E-state index in [0.29, 0.717) is 12.5 Å². The van der Waals surface area contributed by atoms with Crippen LogP contribution in [0.25, 0.3) is 0 Å². The first-order valence-corrected chi connectivity index (χ1v) is 14.7. The Balaban J connectivity index is 1.17. The van der Waals surface area contributed by atoms with Gasteiger partial charge in [0.15, 0.2) is 5.60 Å². The van der Waals surface area contributed by atoms with Crippen LogP contribution in [0.2, 0.25) is 0 Å². The Labute approximate surface area is 236 Å². The summed E-state index contributed by atoms with van der Waals surface area (Å²) in [6.45, 7) is 11.9. The van der Waals surface area contributed by atoms with Gasteiger partial charge in [-0.05, 0) is 57.4 Å². The van der Waals surface area contributed by atoms with Crippen molar-refractivity contribution in [2.75, 3.05) is 51.3 Å². The van der Waals surface area contributed by atoms with Gasteiger partial charge in [-0.2, -0.15) is 13.2 Å². The Morgan fingerprint density at radius 1 is 1.10 bits per heavy atom. The largest absolute Gasteiger partial charge is 0.417 e. The van der Waals surface area contributed by atoms with E-state index in [9.17, 15) is 23.1 Å². The first kappa shape index (κ1) is 31.0. The van der Waals surface area contributed by atoms with E-state index in [-0.39, 0.29) is 17.4 Å². The molecule has 40 heavy (non-hydrogen) atoms. The van der Waals surface area contributed by atoms with Crippen molar-refractivity contribution in [2.45, 2.75) is 95.4 Å². The number of carbonyl (C=O) groups is 1. The maximum atomic E-state index is 12.8. The number of alkyl halides is 3. The Bertz CT molecular complexity index is 994. The SMILES string of the molecule is COCCc1cc(N2CCN(CC[C@H]3CC[C@H](NC(=O)C4CC(O)(C(F)(F)F)C4)CC3)CC2)nc(C(C)(C)C)n1. The number of halogens is 3. The number of ether oxygens (including phenoxy) is 1. The normalized spacial score (nSPS) is 28.3. The van der Waals surface area contributed by atoms with Crippen molar-refractivity contribution < 1.29 is 27.8 Å². The lowest BCUT2D eigenvalue weighted by Crippen LogP contribution is -2.59. The molecule has 0 unspecified atom stereocenters. The van der Waals surface area contributed by atoms with Gasteiger partial charge in [-0.1, -0.05) is 20.8 Å². The van der Waals surface area contributed by atoms with Gasteiger partial charge in [0, 0.05) is 68.8 Å². The number of anilines is 1. The molecule has 1 aliphatic heterocycles. The first-order chi connectivity index (χ1) is 18.8. The number of nitrogens with one attached hydrogen (secondary N) is 1. The standard InChI is InChI=1S/C29H46F3N5O3/c1-27(2,3)26-34-23(10-16-40-4)17-24(35-26)37-14-12-36(13-15-37)11-9-20-5-7-22(8-6-20)33-25(38)21-18-28(39,19-21)29(30,31)32/h17,20-22,39H,5-16,18-19H2,1-4H3,(H,33,38)/t20-,21?,22-,28?. The lowest BCUT2D eigenvalue weighted by Gasteiger charge is -2.44. The van der Waals surface area contributed by atoms with Crippen LogP contribution in [-0.2, 0) is 21.4 Å². The molecule has 1 aromatic rings. The number of amides is 1. The molecule has 2 aliphatic carbocycles. The average Bonchev–Trinajstić information content (AvgIpc) is 2.88. The molecule has 2 heterocycles. The molecule has 3 fully saturated rings. The van der Waals surface area contributed by atoms with Crippen molar-refractivity contribution in [3.05, 3.63) is 17.6 Å². The van der Waals surface area contributed by atoms with Gasteiger partial charge in [0.1, 0.15) is 11.6 Å². The Morgan fingerprint density at radius 3 is 2.33 bits per heavy atom. The molecule has 226 valence electrons. The smallest absolute Gasteiger partial charge is 0.384 e. The number of carbonyl (C=O) groups excluding carboxylic acids is 1. The summed E-state index contributed by atoms with van der Waals surface area (Å²) in [6, 6.07) is 2.12. The summed E-state index contributed by atoms with van der Waals surface area (Å²) in [6.07, 6.45) is -0.109. The Hall–Kier alpha value is -1.98. The number of hydrogen-bond acceptors (Lipinski definition) is 7. The highest BCUT2D eigenvalue weighted by molar-refractivity contribution is 5.80. The van der Waals surface area contributed by atoms with Gasteiger partial charge in [-0.15, -0.1) is 0 Å². The number of nitrogens with zero attached hydrogens (tertiary/aromatic N) is 4. The topological polar surface area (TPSA) is 90.8 Å². The van der Waals surface area contributed by atoms with Crippen LogP contribution in [0.1, 0.15) is 77.2 Å². The number of methoxy groups -OCH3 is 1. The summed E-state index contributed by atoms with van der Waals surface area (Å²) in [5.74, 6) is 1.36. The van der Waals surface area contributed by atoms with E-state index in [1.807, 2.05) is 0 Å². The predicted octanol–water partition coefficient (Wildman–Crippen LogP) is 3.85. The van der Waals surface area contributed by atoms with Gasteiger partial charge in [-0.25, -0.2) is 9.97 Å². The van der Waals surface area contributed by atoms with Gasteiger partial charge >= 0.3 is 6.18 Å². The highest BCUT2D eigenvalue weighted by Gasteiger charge is 2.62. The minimum absolute atomic E-state index is 0.0199. The van der Waals surface area contributed by atoms with Gasteiger partial charge in [0.25, 0.3) is 0 Å². The van der Waals surface area contributed by atoms with Crippen LogP contribution in [0.15, 0.2) is 6.07 Å². The fourth-order valence-corrected chi connectivity index (χ4v) is 5.97. The lowest BCUT2D eigenvalue weighted by molar-refractivity contribution is -0.296. The van der Waals surface area contributed by atoms with Crippen LogP contribution in [0, 0.1) is 11.8 Å². The van der Waals surface area contributed by atoms with E-state index >= 15 is 0 Å². The molecular weight excluding hydrogens is 523 g/mol. The average molecular weight is 570 g/mol. The zero-order valence-electron chi connectivity index (χ0n) is 24.4. The quantitative estimate of drug-likeness (QED) is 0.467. The number of aromatic nitrogens is 2. The van der Waals surface area contributed by atoms with Crippen LogP contribution >= 0.6 is 0 Å². The van der Waals surface area contributed by atoms with E-state index < -0.39 is 30.5 Å². The Morgan fingerprint density at radius 2 is 1.75 bits per heavy atom. The number of hydrogen-bond donors (Lipinski definition) is 2. The molecule has 2 N–H and O–H groups in total. The predicted molar refractivity (Wildman–Crippen MR) is 147 cm³/mol. The zero-order valence-corrected chi connectivity index (χ0v) is 24.4. The minimum Gasteiger partial charge on any atom is -0.384 e. The summed E-state index contributed by atoms with van der Waals surface area (Å²) < 4.78 is 43.8. The molecule has 2 saturated carbocycles. The van der Waals surface area contributed by atoms with Crippen molar-refractivity contribution in [1.29, 1.82) is 0 Å². The molecule has 0 spiro atoms. The summed E-state index contributed by atoms with van der Waals surface area (Å²) in [7, 11) is 1.70. The lowest BCUT2D eigenvalue weighted by atomic mass is 9.69. The van der Waals surface area contributed by atoms with Crippen molar-refractivity contribution in [3.8, 4) is 0 Å². The van der Waals surface area contributed by atoms with E-state index in [0.717, 1.165) is 88.6 Å². The molecule has 4 rings (SSSR count). The third-order valence-corrected chi connectivity index (χ3v) is 8.81. The maximum absolute atomic E-state index is 12.8. The molecular formula is C29H46F3N5O3. The third-order valence-electron chi connectivity index (χ3n) is 8.81. The molecule has 1 aromatic heterocycles. The van der Waals surface area contributed by atoms with Crippen LogP contribution in [0.3, 0.4) is 0 Å². The number of rotatable bonds is 9. The van der Waals surface area contributed by atoms with Gasteiger partial charge in [0.2, 0.25) is 5.91 Å². The highest BCUT2D eigenvalue weighted by Crippen LogP contribution is 2.48. The highest BCUT2D eigenvalue weighted by atomic mass is 19.4. The van der Waals surface area contributed by atoms with E-state index in [1.54, 1.807) is 7.11 Å². The second kappa shape index (κ2) is 12.5. The molecule has 3 aliphatic rings. The molecule has 0 aromatic carbocycles. The molecule has 0 radical (unpaired) electrons. The van der Waals surface area contributed by atoms with Gasteiger partial charge < -0.3 is 20.1 Å². The van der Waals surface area contributed by atoms with Crippen LogP contribution in [0.5, 0.6) is 0 Å². The fourth-order valence-electron chi connectivity index (χ4n) is 5.97. The van der Waals surface area contributed by atoms with Crippen molar-refractivity contribution >= 4 is 11.7 Å². The number of aliphatic hydroxyl groups is 1. The second-order valence-electron chi connectivity index (χ2n) is 13.0. The number of piperazine rings is 1.